The van der Waals surface area contributed by atoms with Crippen molar-refractivity contribution in [3.63, 3.8) is 0 Å². The molecule has 0 unspecified atom stereocenters. The molecular weight excluding hydrogens is 184 g/mol. The molecule has 0 saturated carbocycles. The Balaban J connectivity index is 2.66. The van der Waals surface area contributed by atoms with Crippen molar-refractivity contribution in [1.82, 2.24) is 15.5 Å². The molecule has 5 N–H and O–H groups in total. The van der Waals surface area contributed by atoms with Gasteiger partial charge in [-0.25, -0.2) is 0 Å². The van der Waals surface area contributed by atoms with Crippen molar-refractivity contribution < 1.29 is 9.90 Å². The quantitative estimate of drug-likeness (QED) is 0.521. The molecule has 0 aromatic carbocycles. The number of nitrogens with one attached hydrogen (secondary N) is 2. The number of amides is 1. The Labute approximate surface area is 81.5 Å². The third kappa shape index (κ3) is 2.23. The van der Waals surface area contributed by atoms with Crippen LogP contribution < -0.4 is 11.1 Å². The highest BCUT2D eigenvalue weighted by Crippen LogP contribution is 2.11. The Morgan fingerprint density at radius 1 is 1.79 bits per heavy atom. The molecule has 0 saturated heterocycles. The van der Waals surface area contributed by atoms with Crippen LogP contribution in [0.5, 0.6) is 0 Å². The van der Waals surface area contributed by atoms with Crippen LogP contribution in [0.15, 0.2) is 0 Å². The Bertz CT molecular complexity index is 332. The highest BCUT2D eigenvalue weighted by Gasteiger charge is 2.14. The van der Waals surface area contributed by atoms with Crippen LogP contribution in [-0.4, -0.2) is 33.9 Å². The van der Waals surface area contributed by atoms with E-state index in [1.165, 1.54) is 0 Å². The summed E-state index contributed by atoms with van der Waals surface area (Å²) >= 11 is 0. The van der Waals surface area contributed by atoms with Gasteiger partial charge >= 0.3 is 0 Å². The van der Waals surface area contributed by atoms with E-state index in [4.69, 9.17) is 10.8 Å². The molecule has 1 rings (SSSR count). The summed E-state index contributed by atoms with van der Waals surface area (Å²) in [6, 6.07) is 0. The first-order valence-corrected chi connectivity index (χ1v) is 4.29. The molecule has 1 amide bonds. The SMILES string of the molecule is Cc1[nH]nc(C(=O)NC[C@@H](C)O)c1N. The van der Waals surface area contributed by atoms with Crippen LogP contribution in [0.3, 0.4) is 0 Å². The standard InChI is InChI=1S/C8H14N4O2/c1-4(13)3-10-8(14)7-6(9)5(2)11-12-7/h4,13H,3,9H2,1-2H3,(H,10,14)(H,11,12)/t4-/m1/s1. The number of H-pyrrole nitrogens is 1. The molecule has 0 aliphatic rings. The molecule has 1 aromatic heterocycles. The monoisotopic (exact) mass is 198 g/mol. The topological polar surface area (TPSA) is 104 Å². The minimum absolute atomic E-state index is 0.170. The van der Waals surface area contributed by atoms with Crippen molar-refractivity contribution in [2.24, 2.45) is 0 Å². The molecule has 1 atom stereocenters. The molecule has 1 heterocycles. The highest BCUT2D eigenvalue weighted by molar-refractivity contribution is 5.97. The number of carbonyl (C=O) groups is 1. The summed E-state index contributed by atoms with van der Waals surface area (Å²) in [5, 5.41) is 17.8. The fraction of sp³-hybridized carbons (Fsp3) is 0.500. The maximum absolute atomic E-state index is 11.4. The van der Waals surface area contributed by atoms with Gasteiger partial charge in [-0.15, -0.1) is 0 Å². The van der Waals surface area contributed by atoms with E-state index in [9.17, 15) is 4.79 Å². The summed E-state index contributed by atoms with van der Waals surface area (Å²) in [5.74, 6) is -0.382. The molecule has 6 nitrogen and oxygen atoms in total. The minimum Gasteiger partial charge on any atom is -0.395 e. The summed E-state index contributed by atoms with van der Waals surface area (Å²) in [4.78, 5) is 11.4. The Hall–Kier alpha value is -1.56. The first kappa shape index (κ1) is 10.5. The second kappa shape index (κ2) is 4.10. The second-order valence-corrected chi connectivity index (χ2v) is 3.17. The summed E-state index contributed by atoms with van der Waals surface area (Å²) in [6.45, 7) is 3.50. The maximum Gasteiger partial charge on any atom is 0.274 e. The lowest BCUT2D eigenvalue weighted by molar-refractivity contribution is 0.0920. The number of aliphatic hydroxyl groups excluding tert-OH is 1. The second-order valence-electron chi connectivity index (χ2n) is 3.17. The number of rotatable bonds is 3. The first-order valence-electron chi connectivity index (χ1n) is 4.29. The van der Waals surface area contributed by atoms with Crippen LogP contribution in [-0.2, 0) is 0 Å². The average Bonchev–Trinajstić information content (AvgIpc) is 2.44. The Morgan fingerprint density at radius 2 is 2.43 bits per heavy atom. The third-order valence-corrected chi connectivity index (χ3v) is 1.77. The number of carbonyl (C=O) groups excluding carboxylic acids is 1. The smallest absolute Gasteiger partial charge is 0.274 e. The lowest BCUT2D eigenvalue weighted by Crippen LogP contribution is -2.31. The van der Waals surface area contributed by atoms with Crippen LogP contribution in [0.2, 0.25) is 0 Å². The normalized spacial score (nSPS) is 12.5. The lowest BCUT2D eigenvalue weighted by Gasteiger charge is -2.05. The number of nitrogens with two attached hydrogens (primary N) is 1. The van der Waals surface area contributed by atoms with Gasteiger partial charge in [-0.1, -0.05) is 0 Å². The third-order valence-electron chi connectivity index (χ3n) is 1.77. The number of aromatic nitrogens is 2. The van der Waals surface area contributed by atoms with Gasteiger partial charge in [-0.05, 0) is 13.8 Å². The fourth-order valence-corrected chi connectivity index (χ4v) is 0.935. The number of hydrogen-bond donors (Lipinski definition) is 4. The highest BCUT2D eigenvalue weighted by atomic mass is 16.3. The van der Waals surface area contributed by atoms with E-state index in [0.717, 1.165) is 0 Å². The molecule has 0 spiro atoms. The van der Waals surface area contributed by atoms with E-state index in [0.29, 0.717) is 11.4 Å². The van der Waals surface area contributed by atoms with Crippen LogP contribution >= 0.6 is 0 Å². The molecule has 0 aliphatic carbocycles. The van der Waals surface area contributed by atoms with E-state index >= 15 is 0 Å². The van der Waals surface area contributed by atoms with Gasteiger partial charge < -0.3 is 16.2 Å². The van der Waals surface area contributed by atoms with E-state index < -0.39 is 6.10 Å². The van der Waals surface area contributed by atoms with Crippen LogP contribution in [0.1, 0.15) is 23.1 Å². The van der Waals surface area contributed by atoms with Crippen LogP contribution in [0.4, 0.5) is 5.69 Å². The van der Waals surface area contributed by atoms with Gasteiger partial charge in [0, 0.05) is 6.54 Å². The van der Waals surface area contributed by atoms with Gasteiger partial charge in [0.25, 0.3) is 5.91 Å². The number of aromatic amines is 1. The van der Waals surface area contributed by atoms with E-state index in [1.807, 2.05) is 0 Å². The van der Waals surface area contributed by atoms with Crippen LogP contribution in [0, 0.1) is 6.92 Å². The maximum atomic E-state index is 11.4. The van der Waals surface area contributed by atoms with Crippen molar-refractivity contribution in [3.8, 4) is 0 Å². The van der Waals surface area contributed by atoms with E-state index in [1.54, 1.807) is 13.8 Å². The number of hydrogen-bond acceptors (Lipinski definition) is 4. The first-order chi connectivity index (χ1) is 6.52. The zero-order valence-electron chi connectivity index (χ0n) is 8.16. The lowest BCUT2D eigenvalue weighted by atomic mass is 10.3. The summed E-state index contributed by atoms with van der Waals surface area (Å²) in [6.07, 6.45) is -0.583. The summed E-state index contributed by atoms with van der Waals surface area (Å²) in [7, 11) is 0. The van der Waals surface area contributed by atoms with Crippen molar-refractivity contribution >= 4 is 11.6 Å². The van der Waals surface area contributed by atoms with Crippen molar-refractivity contribution in [1.29, 1.82) is 0 Å². The predicted molar refractivity (Wildman–Crippen MR) is 51.8 cm³/mol. The largest absolute Gasteiger partial charge is 0.395 e. The van der Waals surface area contributed by atoms with Gasteiger partial charge in [-0.2, -0.15) is 5.10 Å². The van der Waals surface area contributed by atoms with Crippen LogP contribution in [0.25, 0.3) is 0 Å². The summed E-state index contributed by atoms with van der Waals surface area (Å²) < 4.78 is 0. The zero-order chi connectivity index (χ0) is 10.7. The van der Waals surface area contributed by atoms with Crippen molar-refractivity contribution in [2.45, 2.75) is 20.0 Å². The molecule has 6 heteroatoms. The van der Waals surface area contributed by atoms with Gasteiger partial charge in [0.15, 0.2) is 5.69 Å². The Morgan fingerprint density at radius 3 is 2.86 bits per heavy atom. The summed E-state index contributed by atoms with van der Waals surface area (Å²) in [5.41, 5.74) is 6.76. The molecule has 0 fully saturated rings. The molecule has 0 aliphatic heterocycles. The number of aryl methyl sites for hydroxylation is 1. The van der Waals surface area contributed by atoms with E-state index in [2.05, 4.69) is 15.5 Å². The molecular formula is C8H14N4O2. The minimum atomic E-state index is -0.583. The fourth-order valence-electron chi connectivity index (χ4n) is 0.935. The van der Waals surface area contributed by atoms with Crippen molar-refractivity contribution in [3.05, 3.63) is 11.4 Å². The number of nitrogen functional groups attached to an aromatic ring is 1. The van der Waals surface area contributed by atoms with Gasteiger partial charge in [-0.3, -0.25) is 9.89 Å². The molecule has 78 valence electrons. The van der Waals surface area contributed by atoms with Crippen molar-refractivity contribution in [2.75, 3.05) is 12.3 Å². The predicted octanol–water partition coefficient (Wildman–Crippen LogP) is -0.589. The molecule has 1 aromatic rings. The van der Waals surface area contributed by atoms with Gasteiger partial charge in [0.2, 0.25) is 0 Å². The van der Waals surface area contributed by atoms with E-state index in [-0.39, 0.29) is 18.1 Å². The Kier molecular flexibility index (Phi) is 3.08. The molecule has 0 bridgehead atoms. The molecule has 0 radical (unpaired) electrons. The zero-order valence-corrected chi connectivity index (χ0v) is 8.16. The number of anilines is 1. The molecule has 14 heavy (non-hydrogen) atoms. The van der Waals surface area contributed by atoms with Gasteiger partial charge in [0.1, 0.15) is 0 Å². The average molecular weight is 198 g/mol. The number of nitrogens with zero attached hydrogens (tertiary/aromatic N) is 1. The number of aliphatic hydroxyl groups is 1. The van der Waals surface area contributed by atoms with Gasteiger partial charge in [0.05, 0.1) is 17.5 Å².